The molecular formula is C17H23N3O2. The van der Waals surface area contributed by atoms with Crippen LogP contribution in [0.1, 0.15) is 39.7 Å². The van der Waals surface area contributed by atoms with Crippen LogP contribution in [-0.2, 0) is 4.74 Å². The molecule has 0 bridgehead atoms. The minimum absolute atomic E-state index is 0.207. The highest BCUT2D eigenvalue weighted by molar-refractivity contribution is 5.76. The van der Waals surface area contributed by atoms with Crippen molar-refractivity contribution in [3.8, 4) is 0 Å². The predicted molar refractivity (Wildman–Crippen MR) is 85.8 cm³/mol. The highest BCUT2D eigenvalue weighted by Gasteiger charge is 2.27. The van der Waals surface area contributed by atoms with Crippen LogP contribution in [0.2, 0.25) is 0 Å². The monoisotopic (exact) mass is 301 g/mol. The molecule has 3 heterocycles. The van der Waals surface area contributed by atoms with E-state index in [0.717, 1.165) is 37.0 Å². The van der Waals surface area contributed by atoms with Crippen molar-refractivity contribution in [3.05, 3.63) is 30.6 Å². The van der Waals surface area contributed by atoms with Crippen LogP contribution in [0, 0.1) is 0 Å². The molecule has 5 heteroatoms. The van der Waals surface area contributed by atoms with Gasteiger partial charge in [0.15, 0.2) is 0 Å². The lowest BCUT2D eigenvalue weighted by molar-refractivity contribution is 0.0189. The summed E-state index contributed by atoms with van der Waals surface area (Å²) in [6.45, 7) is 7.15. The molecule has 0 aliphatic carbocycles. The Balaban J connectivity index is 1.66. The predicted octanol–water partition coefficient (Wildman–Crippen LogP) is 3.61. The van der Waals surface area contributed by atoms with Crippen molar-refractivity contribution >= 4 is 17.1 Å². The molecule has 2 aromatic heterocycles. The summed E-state index contributed by atoms with van der Waals surface area (Å²) in [5.74, 6) is 0. The maximum absolute atomic E-state index is 12.1. The normalized spacial score (nSPS) is 17.0. The van der Waals surface area contributed by atoms with E-state index in [1.54, 1.807) is 4.90 Å². The summed E-state index contributed by atoms with van der Waals surface area (Å²) >= 11 is 0. The van der Waals surface area contributed by atoms with E-state index in [1.807, 2.05) is 33.0 Å². The Morgan fingerprint density at radius 1 is 1.27 bits per heavy atom. The fourth-order valence-electron chi connectivity index (χ4n) is 2.93. The quantitative estimate of drug-likeness (QED) is 0.808. The summed E-state index contributed by atoms with van der Waals surface area (Å²) in [6.07, 6.45) is 5.58. The third kappa shape index (κ3) is 3.08. The molecule has 0 aromatic carbocycles. The van der Waals surface area contributed by atoms with E-state index in [9.17, 15) is 4.79 Å². The minimum atomic E-state index is -0.436. The molecule has 118 valence electrons. The van der Waals surface area contributed by atoms with Gasteiger partial charge in [-0.1, -0.05) is 0 Å². The van der Waals surface area contributed by atoms with Gasteiger partial charge in [0.05, 0.1) is 0 Å². The molecule has 1 amide bonds. The smallest absolute Gasteiger partial charge is 0.410 e. The van der Waals surface area contributed by atoms with Crippen LogP contribution in [0.15, 0.2) is 30.6 Å². The first-order valence-electron chi connectivity index (χ1n) is 7.83. The van der Waals surface area contributed by atoms with Gasteiger partial charge in [-0.25, -0.2) is 9.78 Å². The van der Waals surface area contributed by atoms with E-state index in [-0.39, 0.29) is 6.09 Å². The Morgan fingerprint density at radius 2 is 2.00 bits per heavy atom. The van der Waals surface area contributed by atoms with Gasteiger partial charge in [0.2, 0.25) is 0 Å². The number of nitrogens with zero attached hydrogens (tertiary/aromatic N) is 3. The second-order valence-electron chi connectivity index (χ2n) is 6.84. The number of hydrogen-bond donors (Lipinski definition) is 0. The molecule has 22 heavy (non-hydrogen) atoms. The number of pyridine rings is 1. The van der Waals surface area contributed by atoms with Crippen molar-refractivity contribution in [2.24, 2.45) is 0 Å². The molecule has 0 radical (unpaired) electrons. The molecule has 5 nitrogen and oxygen atoms in total. The molecule has 1 aliphatic rings. The van der Waals surface area contributed by atoms with E-state index in [0.29, 0.717) is 6.04 Å². The number of ether oxygens (including phenoxy) is 1. The third-order valence-corrected chi connectivity index (χ3v) is 3.99. The molecule has 0 atom stereocenters. The molecule has 1 aliphatic heterocycles. The van der Waals surface area contributed by atoms with E-state index in [1.165, 1.54) is 0 Å². The summed E-state index contributed by atoms with van der Waals surface area (Å²) in [6, 6.07) is 6.53. The van der Waals surface area contributed by atoms with Crippen LogP contribution in [0.25, 0.3) is 11.0 Å². The summed E-state index contributed by atoms with van der Waals surface area (Å²) in [7, 11) is 0. The van der Waals surface area contributed by atoms with Crippen molar-refractivity contribution in [1.82, 2.24) is 14.5 Å². The van der Waals surface area contributed by atoms with Gasteiger partial charge < -0.3 is 14.2 Å². The van der Waals surface area contributed by atoms with Gasteiger partial charge in [-0.05, 0) is 51.8 Å². The molecule has 1 fully saturated rings. The van der Waals surface area contributed by atoms with Gasteiger partial charge in [0, 0.05) is 36.9 Å². The van der Waals surface area contributed by atoms with Gasteiger partial charge in [-0.3, -0.25) is 0 Å². The lowest BCUT2D eigenvalue weighted by Crippen LogP contribution is -2.42. The third-order valence-electron chi connectivity index (χ3n) is 3.99. The van der Waals surface area contributed by atoms with Crippen LogP contribution in [0.5, 0.6) is 0 Å². The number of carbonyl (C=O) groups excluding carboxylic acids is 1. The first kappa shape index (κ1) is 14.9. The highest BCUT2D eigenvalue weighted by atomic mass is 16.6. The summed E-state index contributed by atoms with van der Waals surface area (Å²) in [5, 5.41) is 1.16. The van der Waals surface area contributed by atoms with Crippen molar-refractivity contribution in [2.45, 2.75) is 45.3 Å². The zero-order valence-electron chi connectivity index (χ0n) is 13.5. The highest BCUT2D eigenvalue weighted by Crippen LogP contribution is 2.27. The number of likely N-dealkylation sites (tertiary alicyclic amines) is 1. The molecule has 3 rings (SSSR count). The largest absolute Gasteiger partial charge is 0.444 e. The van der Waals surface area contributed by atoms with Gasteiger partial charge in [-0.15, -0.1) is 0 Å². The van der Waals surface area contributed by atoms with E-state index in [2.05, 4.69) is 27.9 Å². The Labute approximate surface area is 130 Å². The standard InChI is InChI=1S/C17H23N3O2/c1-17(2,3)22-16(21)19-10-7-14(8-11-19)20-12-6-13-5-4-9-18-15(13)20/h4-6,9,12,14H,7-8,10-11H2,1-3H3. The van der Waals surface area contributed by atoms with Crippen molar-refractivity contribution < 1.29 is 9.53 Å². The molecule has 0 saturated carbocycles. The second kappa shape index (κ2) is 5.63. The lowest BCUT2D eigenvalue weighted by Gasteiger charge is -2.34. The van der Waals surface area contributed by atoms with Crippen molar-refractivity contribution in [3.63, 3.8) is 0 Å². The average Bonchev–Trinajstić information content (AvgIpc) is 2.89. The first-order valence-corrected chi connectivity index (χ1v) is 7.83. The summed E-state index contributed by atoms with van der Waals surface area (Å²) in [4.78, 5) is 18.4. The number of rotatable bonds is 1. The van der Waals surface area contributed by atoms with Gasteiger partial charge in [-0.2, -0.15) is 0 Å². The average molecular weight is 301 g/mol. The minimum Gasteiger partial charge on any atom is -0.444 e. The fraction of sp³-hybridized carbons (Fsp3) is 0.529. The Hall–Kier alpha value is -2.04. The molecular weight excluding hydrogens is 278 g/mol. The fourth-order valence-corrected chi connectivity index (χ4v) is 2.93. The zero-order valence-corrected chi connectivity index (χ0v) is 13.5. The Kier molecular flexibility index (Phi) is 3.81. The molecule has 1 saturated heterocycles. The van der Waals surface area contributed by atoms with E-state index < -0.39 is 5.60 Å². The van der Waals surface area contributed by atoms with Crippen molar-refractivity contribution in [2.75, 3.05) is 13.1 Å². The lowest BCUT2D eigenvalue weighted by atomic mass is 10.1. The van der Waals surface area contributed by atoms with E-state index in [4.69, 9.17) is 4.74 Å². The Bertz CT molecular complexity index is 664. The molecule has 0 N–H and O–H groups in total. The number of piperidine rings is 1. The maximum atomic E-state index is 12.1. The SMILES string of the molecule is CC(C)(C)OC(=O)N1CCC(n2ccc3cccnc32)CC1. The van der Waals surface area contributed by atoms with Gasteiger partial charge in [0.1, 0.15) is 11.2 Å². The van der Waals surface area contributed by atoms with Crippen LogP contribution in [0.3, 0.4) is 0 Å². The maximum Gasteiger partial charge on any atom is 0.410 e. The summed E-state index contributed by atoms with van der Waals surface area (Å²) < 4.78 is 7.68. The van der Waals surface area contributed by atoms with E-state index >= 15 is 0 Å². The molecule has 2 aromatic rings. The number of carbonyl (C=O) groups is 1. The topological polar surface area (TPSA) is 47.4 Å². The number of amides is 1. The van der Waals surface area contributed by atoms with Crippen LogP contribution in [-0.4, -0.2) is 39.2 Å². The van der Waals surface area contributed by atoms with Crippen molar-refractivity contribution in [1.29, 1.82) is 0 Å². The zero-order chi connectivity index (χ0) is 15.7. The first-order chi connectivity index (χ1) is 10.4. The van der Waals surface area contributed by atoms with Gasteiger partial charge >= 0.3 is 6.09 Å². The van der Waals surface area contributed by atoms with Gasteiger partial charge in [0.25, 0.3) is 0 Å². The summed E-state index contributed by atoms with van der Waals surface area (Å²) in [5.41, 5.74) is 0.590. The Morgan fingerprint density at radius 3 is 2.68 bits per heavy atom. The number of hydrogen-bond acceptors (Lipinski definition) is 3. The second-order valence-corrected chi connectivity index (χ2v) is 6.84. The molecule has 0 unspecified atom stereocenters. The number of aromatic nitrogens is 2. The van der Waals surface area contributed by atoms with Crippen LogP contribution < -0.4 is 0 Å². The van der Waals surface area contributed by atoms with Crippen LogP contribution in [0.4, 0.5) is 4.79 Å². The number of fused-ring (bicyclic) bond motifs is 1. The molecule has 0 spiro atoms. The van der Waals surface area contributed by atoms with Crippen LogP contribution >= 0.6 is 0 Å².